The molecule has 1 fully saturated rings. The summed E-state index contributed by atoms with van der Waals surface area (Å²) in [6.07, 6.45) is -3.32. The molecule has 1 aromatic carbocycles. The summed E-state index contributed by atoms with van der Waals surface area (Å²) in [6, 6.07) is 5.20. The normalized spacial score (nSPS) is 19.7. The van der Waals surface area contributed by atoms with Crippen molar-refractivity contribution >= 4 is 0 Å². The lowest BCUT2D eigenvalue weighted by Crippen LogP contribution is -2.42. The number of hydrogen-bond acceptors (Lipinski definition) is 3. The maximum absolute atomic E-state index is 12.6. The quantitative estimate of drug-likeness (QED) is 0.896. The van der Waals surface area contributed by atoms with Crippen LogP contribution in [0.1, 0.15) is 30.1 Å². The molecule has 0 spiro atoms. The summed E-state index contributed by atoms with van der Waals surface area (Å²) in [6.45, 7) is 2.27. The van der Waals surface area contributed by atoms with Gasteiger partial charge in [-0.25, -0.2) is 0 Å². The van der Waals surface area contributed by atoms with Crippen LogP contribution in [-0.4, -0.2) is 42.7 Å². The van der Waals surface area contributed by atoms with Crippen LogP contribution in [-0.2, 0) is 6.18 Å². The van der Waals surface area contributed by atoms with Crippen LogP contribution in [0.3, 0.4) is 0 Å². The van der Waals surface area contributed by atoms with E-state index in [1.165, 1.54) is 12.1 Å². The van der Waals surface area contributed by atoms with E-state index in [4.69, 9.17) is 0 Å². The number of halogens is 3. The lowest BCUT2D eigenvalue weighted by atomic mass is 10.0. The molecule has 21 heavy (non-hydrogen) atoms. The first kappa shape index (κ1) is 16.3. The molecular formula is C15H21F3N2O. The van der Waals surface area contributed by atoms with E-state index in [9.17, 15) is 18.3 Å². The Morgan fingerprint density at radius 1 is 1.33 bits per heavy atom. The lowest BCUT2D eigenvalue weighted by Gasteiger charge is -2.30. The van der Waals surface area contributed by atoms with Crippen molar-refractivity contribution in [1.82, 2.24) is 10.2 Å². The number of hydrogen-bond donors (Lipinski definition) is 2. The average molecular weight is 302 g/mol. The van der Waals surface area contributed by atoms with E-state index in [2.05, 4.69) is 17.3 Å². The van der Waals surface area contributed by atoms with Crippen molar-refractivity contribution in [2.24, 2.45) is 0 Å². The zero-order valence-electron chi connectivity index (χ0n) is 12.0. The first-order chi connectivity index (χ1) is 9.86. The Kier molecular flexibility index (Phi) is 5.24. The Morgan fingerprint density at radius 3 is 2.62 bits per heavy atom. The van der Waals surface area contributed by atoms with Gasteiger partial charge in [0.25, 0.3) is 0 Å². The Morgan fingerprint density at radius 2 is 2.00 bits per heavy atom. The number of nitrogens with one attached hydrogen (secondary N) is 1. The molecule has 1 saturated heterocycles. The number of aliphatic hydroxyl groups excluding tert-OH is 1. The van der Waals surface area contributed by atoms with Crippen LogP contribution in [0.25, 0.3) is 0 Å². The number of alkyl halides is 3. The van der Waals surface area contributed by atoms with Gasteiger partial charge in [-0.1, -0.05) is 12.1 Å². The van der Waals surface area contributed by atoms with Gasteiger partial charge in [0.2, 0.25) is 0 Å². The Hall–Kier alpha value is -1.11. The Labute approximate surface area is 122 Å². The molecule has 1 aliphatic rings. The topological polar surface area (TPSA) is 35.5 Å². The molecule has 3 nitrogen and oxygen atoms in total. The molecule has 0 radical (unpaired) electrons. The third kappa shape index (κ3) is 4.69. The van der Waals surface area contributed by atoms with Gasteiger partial charge in [0.15, 0.2) is 0 Å². The Balaban J connectivity index is 1.90. The van der Waals surface area contributed by atoms with E-state index in [1.54, 1.807) is 0 Å². The fourth-order valence-electron chi connectivity index (χ4n) is 2.53. The molecule has 0 bridgehead atoms. The summed E-state index contributed by atoms with van der Waals surface area (Å²) in [5.41, 5.74) is -0.427. The second-order valence-electron chi connectivity index (χ2n) is 5.62. The molecule has 1 aromatic rings. The van der Waals surface area contributed by atoms with E-state index in [-0.39, 0.29) is 6.54 Å². The summed E-state index contributed by atoms with van der Waals surface area (Å²) >= 11 is 0. The molecule has 1 heterocycles. The molecule has 1 aliphatic heterocycles. The largest absolute Gasteiger partial charge is 0.416 e. The monoisotopic (exact) mass is 302 g/mol. The molecular weight excluding hydrogens is 281 g/mol. The molecule has 0 aromatic heterocycles. The summed E-state index contributed by atoms with van der Waals surface area (Å²) in [5.74, 6) is 0. The molecule has 118 valence electrons. The highest BCUT2D eigenvalue weighted by Gasteiger charge is 2.30. The zero-order chi connectivity index (χ0) is 15.5. The van der Waals surface area contributed by atoms with Crippen LogP contribution < -0.4 is 5.32 Å². The zero-order valence-corrected chi connectivity index (χ0v) is 12.0. The molecule has 0 aliphatic carbocycles. The summed E-state index contributed by atoms with van der Waals surface area (Å²) in [5, 5.41) is 13.3. The minimum atomic E-state index is -4.38. The van der Waals surface area contributed by atoms with E-state index in [0.717, 1.165) is 38.1 Å². The second-order valence-corrected chi connectivity index (χ2v) is 5.62. The van der Waals surface area contributed by atoms with Gasteiger partial charge in [0.1, 0.15) is 0 Å². The van der Waals surface area contributed by atoms with E-state index in [0.29, 0.717) is 11.6 Å². The summed E-state index contributed by atoms with van der Waals surface area (Å²) in [7, 11) is 2.06. The molecule has 1 atom stereocenters. The molecule has 0 amide bonds. The van der Waals surface area contributed by atoms with Crippen molar-refractivity contribution in [2.45, 2.75) is 31.2 Å². The first-order valence-corrected chi connectivity index (χ1v) is 7.13. The van der Waals surface area contributed by atoms with Crippen molar-refractivity contribution in [2.75, 3.05) is 26.7 Å². The van der Waals surface area contributed by atoms with Crippen molar-refractivity contribution in [3.05, 3.63) is 35.4 Å². The van der Waals surface area contributed by atoms with E-state index >= 15 is 0 Å². The van der Waals surface area contributed by atoms with E-state index < -0.39 is 17.8 Å². The van der Waals surface area contributed by atoms with E-state index in [1.807, 2.05) is 0 Å². The highest BCUT2D eigenvalue weighted by Crippen LogP contribution is 2.30. The lowest BCUT2D eigenvalue weighted by molar-refractivity contribution is -0.137. The number of nitrogens with zero attached hydrogens (tertiary/aromatic N) is 1. The molecule has 0 saturated carbocycles. The molecule has 2 rings (SSSR count). The number of piperidine rings is 1. The van der Waals surface area contributed by atoms with Crippen LogP contribution in [0.2, 0.25) is 0 Å². The number of rotatable bonds is 4. The predicted molar refractivity (Wildman–Crippen MR) is 74.9 cm³/mol. The summed E-state index contributed by atoms with van der Waals surface area (Å²) in [4.78, 5) is 2.24. The van der Waals surface area contributed by atoms with Gasteiger partial charge in [-0.3, -0.25) is 0 Å². The predicted octanol–water partition coefficient (Wildman–Crippen LogP) is 2.42. The van der Waals surface area contributed by atoms with Gasteiger partial charge in [0, 0.05) is 12.6 Å². The fourth-order valence-corrected chi connectivity index (χ4v) is 2.53. The third-order valence-corrected chi connectivity index (χ3v) is 3.92. The van der Waals surface area contributed by atoms with Crippen molar-refractivity contribution in [3.8, 4) is 0 Å². The van der Waals surface area contributed by atoms with Gasteiger partial charge in [-0.05, 0) is 50.7 Å². The van der Waals surface area contributed by atoms with Crippen LogP contribution in [0.5, 0.6) is 0 Å². The average Bonchev–Trinajstić information content (AvgIpc) is 2.45. The van der Waals surface area contributed by atoms with Gasteiger partial charge in [0.05, 0.1) is 11.7 Å². The van der Waals surface area contributed by atoms with Gasteiger partial charge < -0.3 is 15.3 Å². The SMILES string of the molecule is CN1CCC(NC[C@@H](O)c2cccc(C(F)(F)F)c2)CC1. The van der Waals surface area contributed by atoms with Crippen molar-refractivity contribution < 1.29 is 18.3 Å². The fraction of sp³-hybridized carbons (Fsp3) is 0.600. The maximum atomic E-state index is 12.6. The standard InChI is InChI=1S/C15H21F3N2O/c1-20-7-5-13(6-8-20)19-10-14(21)11-3-2-4-12(9-11)15(16,17)18/h2-4,9,13-14,19,21H,5-8,10H2,1H3/t14-/m1/s1. The Bertz CT molecular complexity index is 456. The maximum Gasteiger partial charge on any atom is 0.416 e. The van der Waals surface area contributed by atoms with Crippen molar-refractivity contribution in [1.29, 1.82) is 0 Å². The molecule has 6 heteroatoms. The van der Waals surface area contributed by atoms with Crippen LogP contribution >= 0.6 is 0 Å². The molecule has 0 unspecified atom stereocenters. The minimum absolute atomic E-state index is 0.274. The van der Waals surface area contributed by atoms with Crippen LogP contribution in [0.4, 0.5) is 13.2 Å². The number of aliphatic hydroxyl groups is 1. The highest BCUT2D eigenvalue weighted by atomic mass is 19.4. The van der Waals surface area contributed by atoms with Crippen LogP contribution in [0.15, 0.2) is 24.3 Å². The van der Waals surface area contributed by atoms with Gasteiger partial charge >= 0.3 is 6.18 Å². The molecule has 2 N–H and O–H groups in total. The summed E-state index contributed by atoms with van der Waals surface area (Å²) < 4.78 is 37.9. The second kappa shape index (κ2) is 6.77. The van der Waals surface area contributed by atoms with Crippen molar-refractivity contribution in [3.63, 3.8) is 0 Å². The highest BCUT2D eigenvalue weighted by molar-refractivity contribution is 5.27. The first-order valence-electron chi connectivity index (χ1n) is 7.13. The van der Waals surface area contributed by atoms with Gasteiger partial charge in [-0.2, -0.15) is 13.2 Å². The number of likely N-dealkylation sites (tertiary alicyclic amines) is 1. The number of benzene rings is 1. The smallest absolute Gasteiger partial charge is 0.387 e. The van der Waals surface area contributed by atoms with Crippen LogP contribution in [0, 0.1) is 0 Å². The minimum Gasteiger partial charge on any atom is -0.387 e. The van der Waals surface area contributed by atoms with Gasteiger partial charge in [-0.15, -0.1) is 0 Å². The third-order valence-electron chi connectivity index (χ3n) is 3.92.